The first-order chi connectivity index (χ1) is 13.9. The molecule has 0 bridgehead atoms. The van der Waals surface area contributed by atoms with E-state index in [0.29, 0.717) is 23.7 Å². The van der Waals surface area contributed by atoms with E-state index in [4.69, 9.17) is 14.0 Å². The zero-order chi connectivity index (χ0) is 21.2. The fourth-order valence-electron chi connectivity index (χ4n) is 2.38. The van der Waals surface area contributed by atoms with Crippen molar-refractivity contribution in [2.75, 3.05) is 19.7 Å². The topological polar surface area (TPSA) is 120 Å². The largest absolute Gasteiger partial charge is 0.488 e. The summed E-state index contributed by atoms with van der Waals surface area (Å²) in [5, 5.41) is 8.88. The van der Waals surface area contributed by atoms with Crippen LogP contribution in [0.1, 0.15) is 40.7 Å². The zero-order valence-corrected chi connectivity index (χ0v) is 16.7. The number of rotatable bonds is 10. The number of carbonyl (C=O) groups is 3. The lowest BCUT2D eigenvalue weighted by Crippen LogP contribution is -2.38. The van der Waals surface area contributed by atoms with Crippen LogP contribution in [0.25, 0.3) is 0 Å². The molecule has 0 unspecified atom stereocenters. The highest BCUT2D eigenvalue weighted by molar-refractivity contribution is 5.94. The Labute approximate surface area is 168 Å². The molecule has 0 fully saturated rings. The van der Waals surface area contributed by atoms with E-state index < -0.39 is 18.5 Å². The van der Waals surface area contributed by atoms with Crippen LogP contribution in [0.5, 0.6) is 5.75 Å². The first-order valence-electron chi connectivity index (χ1n) is 9.26. The minimum absolute atomic E-state index is 0.173. The number of hydrogen-bond donors (Lipinski definition) is 2. The first-order valence-corrected chi connectivity index (χ1v) is 9.26. The normalized spacial score (nSPS) is 10.3. The van der Waals surface area contributed by atoms with Crippen molar-refractivity contribution >= 4 is 17.8 Å². The molecule has 2 rings (SSSR count). The van der Waals surface area contributed by atoms with Gasteiger partial charge < -0.3 is 24.6 Å². The molecular weight excluding hydrogens is 378 g/mol. The molecule has 156 valence electrons. The van der Waals surface area contributed by atoms with Gasteiger partial charge in [-0.2, -0.15) is 0 Å². The quantitative estimate of drug-likeness (QED) is 0.579. The van der Waals surface area contributed by atoms with Gasteiger partial charge in [0.1, 0.15) is 23.7 Å². The summed E-state index contributed by atoms with van der Waals surface area (Å²) < 4.78 is 15.9. The van der Waals surface area contributed by atoms with Crippen LogP contribution < -0.4 is 15.4 Å². The van der Waals surface area contributed by atoms with Crippen LogP contribution in [0.15, 0.2) is 28.8 Å². The Morgan fingerprint density at radius 1 is 1.10 bits per heavy atom. The molecule has 0 aliphatic rings. The average Bonchev–Trinajstić information content (AvgIpc) is 3.04. The fraction of sp³-hybridized carbons (Fsp3) is 0.400. The summed E-state index contributed by atoms with van der Waals surface area (Å²) >= 11 is 0. The number of ether oxygens (including phenoxy) is 2. The van der Waals surface area contributed by atoms with Crippen molar-refractivity contribution in [2.45, 2.75) is 33.8 Å². The van der Waals surface area contributed by atoms with Gasteiger partial charge in [0, 0.05) is 6.54 Å². The van der Waals surface area contributed by atoms with Crippen LogP contribution in [-0.4, -0.2) is 42.6 Å². The second-order valence-corrected chi connectivity index (χ2v) is 6.29. The molecule has 2 amide bonds. The Bertz CT molecular complexity index is 842. The van der Waals surface area contributed by atoms with Crippen molar-refractivity contribution in [1.29, 1.82) is 0 Å². The maximum absolute atomic E-state index is 12.4. The Hall–Kier alpha value is -3.36. The summed E-state index contributed by atoms with van der Waals surface area (Å²) in [6.07, 6.45) is 0.801. The third-order valence-electron chi connectivity index (χ3n) is 4.01. The molecule has 2 aromatic rings. The van der Waals surface area contributed by atoms with Gasteiger partial charge >= 0.3 is 5.97 Å². The smallest absolute Gasteiger partial charge is 0.342 e. The van der Waals surface area contributed by atoms with Gasteiger partial charge in [-0.1, -0.05) is 24.2 Å². The van der Waals surface area contributed by atoms with Crippen molar-refractivity contribution in [3.63, 3.8) is 0 Å². The average molecular weight is 403 g/mol. The Morgan fingerprint density at radius 2 is 1.86 bits per heavy atom. The summed E-state index contributed by atoms with van der Waals surface area (Å²) in [6, 6.07) is 6.56. The standard InChI is InChI=1S/C20H25N3O6/c1-4-9-21-18(24)10-22-19(25)12-28-20(26)15-7-5-6-8-17(15)27-11-16-13(2)23-29-14(16)3/h5-8H,4,9-12H2,1-3H3,(H,21,24)(H,22,25). The lowest BCUT2D eigenvalue weighted by Gasteiger charge is -2.11. The number of nitrogens with one attached hydrogen (secondary N) is 2. The number of carbonyl (C=O) groups excluding carboxylic acids is 3. The molecule has 0 aliphatic heterocycles. The Balaban J connectivity index is 1.87. The highest BCUT2D eigenvalue weighted by atomic mass is 16.5. The number of aryl methyl sites for hydroxylation is 2. The molecule has 1 heterocycles. The molecule has 2 N–H and O–H groups in total. The second-order valence-electron chi connectivity index (χ2n) is 6.29. The van der Waals surface area contributed by atoms with Gasteiger partial charge in [0.2, 0.25) is 5.91 Å². The number of aromatic nitrogens is 1. The van der Waals surface area contributed by atoms with Gasteiger partial charge in [0.15, 0.2) is 6.61 Å². The van der Waals surface area contributed by atoms with Gasteiger partial charge in [-0.25, -0.2) is 4.79 Å². The molecule has 1 aromatic carbocycles. The molecule has 0 aliphatic carbocycles. The van der Waals surface area contributed by atoms with Crippen LogP contribution in [0, 0.1) is 13.8 Å². The number of amides is 2. The maximum atomic E-state index is 12.4. The molecule has 0 saturated heterocycles. The number of esters is 1. The summed E-state index contributed by atoms with van der Waals surface area (Å²) in [5.41, 5.74) is 1.70. The second kappa shape index (κ2) is 10.8. The number of para-hydroxylation sites is 1. The predicted octanol–water partition coefficient (Wildman–Crippen LogP) is 1.67. The van der Waals surface area contributed by atoms with Crippen LogP contribution in [0.2, 0.25) is 0 Å². The van der Waals surface area contributed by atoms with Gasteiger partial charge in [0.05, 0.1) is 17.8 Å². The van der Waals surface area contributed by atoms with E-state index in [-0.39, 0.29) is 24.6 Å². The van der Waals surface area contributed by atoms with Gasteiger partial charge in [-0.15, -0.1) is 0 Å². The van der Waals surface area contributed by atoms with E-state index in [1.165, 1.54) is 0 Å². The molecule has 0 saturated carbocycles. The van der Waals surface area contributed by atoms with Crippen molar-refractivity contribution in [2.24, 2.45) is 0 Å². The lowest BCUT2D eigenvalue weighted by atomic mass is 10.2. The molecule has 0 atom stereocenters. The highest BCUT2D eigenvalue weighted by Crippen LogP contribution is 2.22. The third-order valence-corrected chi connectivity index (χ3v) is 4.01. The number of benzene rings is 1. The Kier molecular flexibility index (Phi) is 8.20. The van der Waals surface area contributed by atoms with Crippen LogP contribution >= 0.6 is 0 Å². The molecule has 0 spiro atoms. The number of nitrogens with zero attached hydrogens (tertiary/aromatic N) is 1. The molecular formula is C20H25N3O6. The monoisotopic (exact) mass is 403 g/mol. The minimum atomic E-state index is -0.704. The lowest BCUT2D eigenvalue weighted by molar-refractivity contribution is -0.127. The molecule has 9 heteroatoms. The van der Waals surface area contributed by atoms with E-state index in [1.54, 1.807) is 38.1 Å². The summed E-state index contributed by atoms with van der Waals surface area (Å²) in [4.78, 5) is 35.6. The van der Waals surface area contributed by atoms with E-state index in [1.807, 2.05) is 6.92 Å². The zero-order valence-electron chi connectivity index (χ0n) is 16.7. The predicted molar refractivity (Wildman–Crippen MR) is 103 cm³/mol. The van der Waals surface area contributed by atoms with Crippen molar-refractivity contribution in [3.05, 3.63) is 46.8 Å². The van der Waals surface area contributed by atoms with Crippen LogP contribution in [0.3, 0.4) is 0 Å². The third kappa shape index (κ3) is 6.63. The first kappa shape index (κ1) is 21.9. The molecule has 1 aromatic heterocycles. The van der Waals surface area contributed by atoms with Gasteiger partial charge in [0.25, 0.3) is 5.91 Å². The van der Waals surface area contributed by atoms with E-state index in [2.05, 4.69) is 15.8 Å². The minimum Gasteiger partial charge on any atom is -0.488 e. The van der Waals surface area contributed by atoms with Crippen molar-refractivity contribution in [3.8, 4) is 5.75 Å². The van der Waals surface area contributed by atoms with E-state index in [0.717, 1.165) is 12.0 Å². The van der Waals surface area contributed by atoms with E-state index >= 15 is 0 Å². The molecule has 0 radical (unpaired) electrons. The highest BCUT2D eigenvalue weighted by Gasteiger charge is 2.17. The number of hydrogen-bond acceptors (Lipinski definition) is 7. The van der Waals surface area contributed by atoms with E-state index in [9.17, 15) is 14.4 Å². The summed E-state index contributed by atoms with van der Waals surface area (Å²) in [5.74, 6) is -0.618. The van der Waals surface area contributed by atoms with Crippen LogP contribution in [0.4, 0.5) is 0 Å². The molecule has 29 heavy (non-hydrogen) atoms. The summed E-state index contributed by atoms with van der Waals surface area (Å²) in [6.45, 7) is 5.55. The van der Waals surface area contributed by atoms with Gasteiger partial charge in [-0.05, 0) is 32.4 Å². The van der Waals surface area contributed by atoms with Crippen LogP contribution in [-0.2, 0) is 20.9 Å². The SMILES string of the molecule is CCCNC(=O)CNC(=O)COC(=O)c1ccccc1OCc1c(C)noc1C. The van der Waals surface area contributed by atoms with Crippen molar-refractivity contribution in [1.82, 2.24) is 15.8 Å². The maximum Gasteiger partial charge on any atom is 0.342 e. The fourth-order valence-corrected chi connectivity index (χ4v) is 2.38. The van der Waals surface area contributed by atoms with Crippen molar-refractivity contribution < 1.29 is 28.4 Å². The molecule has 9 nitrogen and oxygen atoms in total. The summed E-state index contributed by atoms with van der Waals surface area (Å²) in [7, 11) is 0. The Morgan fingerprint density at radius 3 is 2.55 bits per heavy atom. The van der Waals surface area contributed by atoms with Gasteiger partial charge in [-0.3, -0.25) is 9.59 Å².